The molecule has 1 unspecified atom stereocenters. The van der Waals surface area contributed by atoms with Crippen molar-refractivity contribution in [2.24, 2.45) is 0 Å². The first-order chi connectivity index (χ1) is 9.10. The Hall–Kier alpha value is -2.62. The second kappa shape index (κ2) is 5.35. The second-order valence-corrected chi connectivity index (χ2v) is 4.28. The van der Waals surface area contributed by atoms with Crippen molar-refractivity contribution in [3.05, 3.63) is 33.9 Å². The van der Waals surface area contributed by atoms with Crippen LogP contribution < -0.4 is 10.6 Å². The minimum absolute atomic E-state index is 0.0160. The van der Waals surface area contributed by atoms with Gasteiger partial charge in [0, 0.05) is 31.1 Å². The maximum atomic E-state index is 11.0. The average molecular weight is 260 g/mol. The molecule has 0 bridgehead atoms. The molecule has 1 saturated heterocycles. The van der Waals surface area contributed by atoms with E-state index in [4.69, 9.17) is 5.26 Å². The van der Waals surface area contributed by atoms with Gasteiger partial charge in [0.2, 0.25) is 5.91 Å². The zero-order chi connectivity index (χ0) is 13.8. The largest absolute Gasteiger partial charge is 0.379 e. The lowest BCUT2D eigenvalue weighted by Gasteiger charge is -2.24. The fourth-order valence-corrected chi connectivity index (χ4v) is 1.94. The molecule has 1 amide bonds. The van der Waals surface area contributed by atoms with E-state index in [9.17, 15) is 14.9 Å². The lowest BCUT2D eigenvalue weighted by molar-refractivity contribution is -0.384. The molecule has 98 valence electrons. The first-order valence-electron chi connectivity index (χ1n) is 5.82. The molecule has 1 aromatic rings. The summed E-state index contributed by atoms with van der Waals surface area (Å²) < 4.78 is 0. The van der Waals surface area contributed by atoms with Crippen LogP contribution in [-0.2, 0) is 4.79 Å². The van der Waals surface area contributed by atoms with Crippen molar-refractivity contribution < 1.29 is 9.72 Å². The average Bonchev–Trinajstić information content (AvgIpc) is 2.41. The van der Waals surface area contributed by atoms with Gasteiger partial charge in [-0.1, -0.05) is 0 Å². The zero-order valence-electron chi connectivity index (χ0n) is 10.0. The highest BCUT2D eigenvalue weighted by atomic mass is 16.6. The number of carbonyl (C=O) groups excluding carboxylic acids is 1. The number of nitriles is 1. The first kappa shape index (κ1) is 12.8. The van der Waals surface area contributed by atoms with Crippen molar-refractivity contribution in [1.29, 1.82) is 5.26 Å². The van der Waals surface area contributed by atoms with Crippen LogP contribution in [0, 0.1) is 21.4 Å². The molecular formula is C12H12N4O3. The highest BCUT2D eigenvalue weighted by Crippen LogP contribution is 2.23. The minimum atomic E-state index is -0.536. The molecule has 0 spiro atoms. The van der Waals surface area contributed by atoms with E-state index in [2.05, 4.69) is 10.6 Å². The predicted molar refractivity (Wildman–Crippen MR) is 67.5 cm³/mol. The molecule has 7 heteroatoms. The third kappa shape index (κ3) is 2.98. The van der Waals surface area contributed by atoms with Gasteiger partial charge in [0.05, 0.1) is 16.2 Å². The van der Waals surface area contributed by atoms with Gasteiger partial charge in [-0.25, -0.2) is 0 Å². The van der Waals surface area contributed by atoms with Crippen molar-refractivity contribution in [1.82, 2.24) is 5.32 Å². The summed E-state index contributed by atoms with van der Waals surface area (Å²) >= 11 is 0. The number of benzene rings is 1. The van der Waals surface area contributed by atoms with Crippen LogP contribution in [0.5, 0.6) is 0 Å². The van der Waals surface area contributed by atoms with Crippen LogP contribution in [0.4, 0.5) is 11.4 Å². The SMILES string of the molecule is N#Cc1cc([N+](=O)[O-])ccc1NC1CCC(=O)NC1. The number of non-ortho nitro benzene ring substituents is 1. The number of nitrogens with zero attached hydrogens (tertiary/aromatic N) is 2. The van der Waals surface area contributed by atoms with Crippen LogP contribution in [0.1, 0.15) is 18.4 Å². The van der Waals surface area contributed by atoms with Gasteiger partial charge in [-0.2, -0.15) is 5.26 Å². The lowest BCUT2D eigenvalue weighted by atomic mass is 10.1. The molecule has 2 N–H and O–H groups in total. The van der Waals surface area contributed by atoms with Gasteiger partial charge in [-0.15, -0.1) is 0 Å². The highest BCUT2D eigenvalue weighted by molar-refractivity contribution is 5.77. The Kier molecular flexibility index (Phi) is 3.61. The summed E-state index contributed by atoms with van der Waals surface area (Å²) in [6.45, 7) is 0.487. The summed E-state index contributed by atoms with van der Waals surface area (Å²) in [5.74, 6) is 0.0160. The summed E-state index contributed by atoms with van der Waals surface area (Å²) in [6.07, 6.45) is 1.11. The monoisotopic (exact) mass is 260 g/mol. The summed E-state index contributed by atoms with van der Waals surface area (Å²) in [5, 5.41) is 25.5. The van der Waals surface area contributed by atoms with Crippen molar-refractivity contribution in [2.45, 2.75) is 18.9 Å². The number of hydrogen-bond donors (Lipinski definition) is 2. The number of piperidine rings is 1. The third-order valence-corrected chi connectivity index (χ3v) is 2.96. The molecule has 0 radical (unpaired) electrons. The maximum absolute atomic E-state index is 11.0. The van der Waals surface area contributed by atoms with Crippen LogP contribution in [0.3, 0.4) is 0 Å². The van der Waals surface area contributed by atoms with Gasteiger partial charge in [0.25, 0.3) is 5.69 Å². The Balaban J connectivity index is 2.14. The number of hydrogen-bond acceptors (Lipinski definition) is 5. The number of nitro benzene ring substituents is 1. The van der Waals surface area contributed by atoms with Gasteiger partial charge in [0.1, 0.15) is 6.07 Å². The predicted octanol–water partition coefficient (Wildman–Crippen LogP) is 1.16. The summed E-state index contributed by atoms with van der Waals surface area (Å²) in [7, 11) is 0. The maximum Gasteiger partial charge on any atom is 0.270 e. The molecule has 1 aliphatic rings. The fourth-order valence-electron chi connectivity index (χ4n) is 1.94. The van der Waals surface area contributed by atoms with Gasteiger partial charge in [-0.05, 0) is 12.5 Å². The first-order valence-corrected chi connectivity index (χ1v) is 5.82. The number of rotatable bonds is 3. The van der Waals surface area contributed by atoms with Crippen molar-refractivity contribution >= 4 is 17.3 Å². The third-order valence-electron chi connectivity index (χ3n) is 2.96. The molecule has 0 aliphatic carbocycles. The normalized spacial score (nSPS) is 18.3. The standard InChI is InChI=1S/C12H12N4O3/c13-6-8-5-10(16(18)19)2-3-11(8)15-9-1-4-12(17)14-7-9/h2-3,5,9,15H,1,4,7H2,(H,14,17). The van der Waals surface area contributed by atoms with Gasteiger partial charge in [-0.3, -0.25) is 14.9 Å². The van der Waals surface area contributed by atoms with Crippen molar-refractivity contribution in [2.75, 3.05) is 11.9 Å². The summed E-state index contributed by atoms with van der Waals surface area (Å²) in [4.78, 5) is 21.1. The number of anilines is 1. The van der Waals surface area contributed by atoms with E-state index in [1.807, 2.05) is 6.07 Å². The lowest BCUT2D eigenvalue weighted by Crippen LogP contribution is -2.42. The zero-order valence-corrected chi connectivity index (χ0v) is 10.0. The van der Waals surface area contributed by atoms with Crippen molar-refractivity contribution in [3.8, 4) is 6.07 Å². The fraction of sp³-hybridized carbons (Fsp3) is 0.333. The molecule has 1 atom stereocenters. The molecule has 0 aromatic heterocycles. The van der Waals surface area contributed by atoms with E-state index < -0.39 is 4.92 Å². The van der Waals surface area contributed by atoms with Crippen LogP contribution in [0.2, 0.25) is 0 Å². The van der Waals surface area contributed by atoms with Crippen LogP contribution in [0.25, 0.3) is 0 Å². The number of nitrogens with one attached hydrogen (secondary N) is 2. The molecule has 1 fully saturated rings. The van der Waals surface area contributed by atoms with Gasteiger partial charge >= 0.3 is 0 Å². The number of amides is 1. The quantitative estimate of drug-likeness (QED) is 0.626. The topological polar surface area (TPSA) is 108 Å². The van der Waals surface area contributed by atoms with Crippen molar-refractivity contribution in [3.63, 3.8) is 0 Å². The Morgan fingerprint density at radius 1 is 1.53 bits per heavy atom. The highest BCUT2D eigenvalue weighted by Gasteiger charge is 2.19. The van der Waals surface area contributed by atoms with Gasteiger partial charge in [0.15, 0.2) is 0 Å². The number of nitro groups is 1. The Morgan fingerprint density at radius 2 is 2.32 bits per heavy atom. The molecule has 1 heterocycles. The van der Waals surface area contributed by atoms with E-state index in [1.54, 1.807) is 0 Å². The molecule has 1 aromatic carbocycles. The van der Waals surface area contributed by atoms with E-state index in [0.717, 1.165) is 0 Å². The molecule has 19 heavy (non-hydrogen) atoms. The Labute approximate surface area is 109 Å². The second-order valence-electron chi connectivity index (χ2n) is 4.28. The molecule has 0 saturated carbocycles. The molecule has 1 aliphatic heterocycles. The molecule has 7 nitrogen and oxygen atoms in total. The van der Waals surface area contributed by atoms with Gasteiger partial charge < -0.3 is 10.6 Å². The minimum Gasteiger partial charge on any atom is -0.379 e. The Morgan fingerprint density at radius 3 is 2.89 bits per heavy atom. The van der Waals surface area contributed by atoms with Crippen LogP contribution in [0.15, 0.2) is 18.2 Å². The van der Waals surface area contributed by atoms with E-state index >= 15 is 0 Å². The summed E-state index contributed by atoms with van der Waals surface area (Å²) in [6, 6.07) is 6.08. The molecule has 2 rings (SSSR count). The van der Waals surface area contributed by atoms with Crippen LogP contribution in [-0.4, -0.2) is 23.4 Å². The Bertz CT molecular complexity index is 555. The van der Waals surface area contributed by atoms with E-state index in [-0.39, 0.29) is 23.2 Å². The van der Waals surface area contributed by atoms with Crippen LogP contribution >= 0.6 is 0 Å². The summed E-state index contributed by atoms with van der Waals surface area (Å²) in [5.41, 5.74) is 0.666. The smallest absolute Gasteiger partial charge is 0.270 e. The molecular weight excluding hydrogens is 248 g/mol. The van der Waals surface area contributed by atoms with E-state index in [0.29, 0.717) is 25.1 Å². The van der Waals surface area contributed by atoms with E-state index in [1.165, 1.54) is 18.2 Å². The number of carbonyl (C=O) groups is 1.